The number of hydrogen-bond acceptors (Lipinski definition) is 2. The van der Waals surface area contributed by atoms with Crippen molar-refractivity contribution < 1.29 is 135 Å². The SMILES string of the molecule is CCCCCCCCCCCCc1ccccc1-c1coc([I+]c2cc(-c3ccccc3CCCCCCCCCCCC)co2)c1.FC(F)(F)c1cc([B-](c2cc(C(F)(F)F)cc(C(F)(F)F)c2)(c2cc(C(F)(F)F)cc(C(F)(F)F)c2)c2cc(C(F)(F)F)cc(C(F)(F)F)c2)cc(C(F)(F)F)c1. The average molecular weight is 1610 g/mol. The summed E-state index contributed by atoms with van der Waals surface area (Å²) in [5.41, 5.74) is -22.3. The summed E-state index contributed by atoms with van der Waals surface area (Å²) in [6.07, 6.45) is -21.1. The van der Waals surface area contributed by atoms with Gasteiger partial charge in [-0.25, -0.2) is 0 Å². The molecule has 28 heteroatoms. The van der Waals surface area contributed by atoms with Crippen LogP contribution in [0.5, 0.6) is 0 Å². The number of alkyl halides is 24. The lowest BCUT2D eigenvalue weighted by atomic mass is 9.12. The monoisotopic (exact) mass is 1610 g/mol. The van der Waals surface area contributed by atoms with Gasteiger partial charge in [0.15, 0.2) is 0 Å². The van der Waals surface area contributed by atoms with E-state index in [2.05, 4.69) is 74.5 Å². The van der Waals surface area contributed by atoms with E-state index < -0.39 is 216 Å². The van der Waals surface area contributed by atoms with E-state index in [1.807, 2.05) is 12.5 Å². The van der Waals surface area contributed by atoms with Gasteiger partial charge in [-0.05, 0) is 72.2 Å². The second kappa shape index (κ2) is 35.6. The van der Waals surface area contributed by atoms with Crippen LogP contribution in [0.1, 0.15) is 198 Å². The summed E-state index contributed by atoms with van der Waals surface area (Å²) in [7, 11) is 0. The number of rotatable bonds is 30. The number of benzene rings is 6. The number of hydrogen-bond donors (Lipinski definition) is 0. The first kappa shape index (κ1) is 84.3. The highest BCUT2D eigenvalue weighted by Crippen LogP contribution is 2.42. The van der Waals surface area contributed by atoms with Crippen LogP contribution in [0.3, 0.4) is 0 Å². The zero-order valence-corrected chi connectivity index (χ0v) is 58.4. The third-order valence-corrected chi connectivity index (χ3v) is 20.2. The minimum Gasteiger partial charge on any atom is -0.426 e. The Hall–Kier alpha value is -7.01. The molecule has 0 saturated heterocycles. The van der Waals surface area contributed by atoms with Gasteiger partial charge in [-0.15, -0.1) is 0 Å². The van der Waals surface area contributed by atoms with E-state index in [4.69, 9.17) is 8.83 Å². The maximum absolute atomic E-state index is 14.2. The van der Waals surface area contributed by atoms with E-state index in [1.165, 1.54) is 162 Å². The Morgan fingerprint density at radius 1 is 0.269 bits per heavy atom. The molecule has 8 rings (SSSR count). The topological polar surface area (TPSA) is 26.3 Å². The predicted octanol–water partition coefficient (Wildman–Crippen LogP) is 22.5. The molecule has 0 fully saturated rings. The molecular formula is C76H74BF24IO2. The maximum atomic E-state index is 14.2. The van der Waals surface area contributed by atoms with E-state index in [0.29, 0.717) is 0 Å². The van der Waals surface area contributed by atoms with Crippen LogP contribution >= 0.6 is 0 Å². The zero-order chi connectivity index (χ0) is 76.7. The standard InChI is InChI=1S/C44H62IO2.C32H12BF24/c1-3-5-7-9-11-13-15-17-19-21-27-37-29-23-25-31-41(37)39-33-43(46-35-39)45-44-34-40(36-47-44)42-32-26-24-30-38(42)28-22-20-18-16-14-12-10-8-6-4-2;34-25(35,36)13-1-14(26(37,38)39)6-21(5-13)33(22-7-15(27(40,41)42)2-16(8-22)28(43,44)45,23-9-17(29(46,47)48)3-18(10-23)30(49,50)51)24-11-19(31(52,53)54)4-20(12-24)32(55,56)57/h23-26,29-36H,3-22,27-28H2,1-2H3;1-12H/q+1;-1. The molecule has 104 heavy (non-hydrogen) atoms. The van der Waals surface area contributed by atoms with E-state index in [-0.39, 0.29) is 0 Å². The first-order valence-electron chi connectivity index (χ1n) is 33.9. The zero-order valence-electron chi connectivity index (χ0n) is 56.3. The first-order chi connectivity index (χ1) is 48.5. The lowest BCUT2D eigenvalue weighted by Crippen LogP contribution is -3.61. The molecule has 0 aliphatic rings. The van der Waals surface area contributed by atoms with Gasteiger partial charge in [0.25, 0.3) is 0 Å². The summed E-state index contributed by atoms with van der Waals surface area (Å²) in [5.74, 6) is 0. The van der Waals surface area contributed by atoms with Crippen molar-refractivity contribution in [1.29, 1.82) is 0 Å². The molecular weight excluding hydrogens is 1540 g/mol. The minimum atomic E-state index is -6.13. The fourth-order valence-corrected chi connectivity index (χ4v) is 14.8. The third-order valence-electron chi connectivity index (χ3n) is 18.0. The van der Waals surface area contributed by atoms with Gasteiger partial charge in [0.1, 0.15) is 18.7 Å². The summed E-state index contributed by atoms with van der Waals surface area (Å²) >= 11 is -0.519. The van der Waals surface area contributed by atoms with Crippen LogP contribution in [0.15, 0.2) is 155 Å². The van der Waals surface area contributed by atoms with Gasteiger partial charge < -0.3 is 8.83 Å². The van der Waals surface area contributed by atoms with Crippen molar-refractivity contribution in [1.82, 2.24) is 0 Å². The summed E-state index contributed by atoms with van der Waals surface area (Å²) in [4.78, 5) is 0. The Kier molecular flexibility index (Phi) is 28.8. The molecule has 0 unspecified atom stereocenters. The number of aryl methyl sites for hydroxylation is 2. The summed E-state index contributed by atoms with van der Waals surface area (Å²) < 4.78 is 355. The Labute approximate surface area is 596 Å². The fourth-order valence-electron chi connectivity index (χ4n) is 12.8. The second-order valence-corrected chi connectivity index (χ2v) is 28.4. The molecule has 568 valence electrons. The van der Waals surface area contributed by atoms with Crippen molar-refractivity contribution in [3.05, 3.63) is 209 Å². The van der Waals surface area contributed by atoms with Crippen LogP contribution in [0, 0.1) is 7.53 Å². The van der Waals surface area contributed by atoms with Crippen LogP contribution in [-0.4, -0.2) is 6.15 Å². The van der Waals surface area contributed by atoms with Gasteiger partial charge >= 0.3 is 78.1 Å². The third kappa shape index (κ3) is 23.5. The van der Waals surface area contributed by atoms with Gasteiger partial charge in [-0.2, -0.15) is 127 Å². The van der Waals surface area contributed by atoms with E-state index in [0.717, 1.165) is 20.4 Å². The highest BCUT2D eigenvalue weighted by molar-refractivity contribution is 7.20. The highest BCUT2D eigenvalue weighted by Gasteiger charge is 2.47. The second-order valence-electron chi connectivity index (χ2n) is 25.8. The Bertz CT molecular complexity index is 3490. The van der Waals surface area contributed by atoms with Crippen LogP contribution in [0.25, 0.3) is 22.3 Å². The van der Waals surface area contributed by atoms with Crippen molar-refractivity contribution >= 4 is 28.0 Å². The van der Waals surface area contributed by atoms with Gasteiger partial charge in [0.05, 0.1) is 44.5 Å². The molecule has 0 atom stereocenters. The molecule has 2 heterocycles. The molecule has 0 spiro atoms. The lowest BCUT2D eigenvalue weighted by molar-refractivity contribution is -0.636. The van der Waals surface area contributed by atoms with Crippen LogP contribution < -0.4 is 43.1 Å². The molecule has 0 saturated carbocycles. The lowest BCUT2D eigenvalue weighted by Gasteiger charge is -2.46. The van der Waals surface area contributed by atoms with E-state index >= 15 is 0 Å². The Balaban J connectivity index is 0.000000296. The van der Waals surface area contributed by atoms with Crippen molar-refractivity contribution in [2.45, 2.75) is 205 Å². The fraction of sp³-hybridized carbons (Fsp3) is 0.421. The van der Waals surface area contributed by atoms with Crippen molar-refractivity contribution in [2.24, 2.45) is 0 Å². The molecule has 6 aromatic carbocycles. The van der Waals surface area contributed by atoms with E-state index in [1.54, 1.807) is 0 Å². The summed E-state index contributed by atoms with van der Waals surface area (Å²) in [6.45, 7) is 4.59. The number of furan rings is 2. The van der Waals surface area contributed by atoms with Crippen molar-refractivity contribution in [2.75, 3.05) is 0 Å². The smallest absolute Gasteiger partial charge is 0.426 e. The maximum Gasteiger partial charge on any atom is 0.443 e. The molecule has 0 aliphatic carbocycles. The molecule has 0 aliphatic heterocycles. The van der Waals surface area contributed by atoms with Gasteiger partial charge in [0.2, 0.25) is 0 Å². The van der Waals surface area contributed by atoms with E-state index in [9.17, 15) is 105 Å². The quantitative estimate of drug-likeness (QED) is 0.0194. The first-order valence-corrected chi connectivity index (χ1v) is 36.0. The summed E-state index contributed by atoms with van der Waals surface area (Å²) in [5, 5.41) is 0. The predicted molar refractivity (Wildman–Crippen MR) is 347 cm³/mol. The largest absolute Gasteiger partial charge is 0.443 e. The molecule has 0 amide bonds. The molecule has 0 bridgehead atoms. The number of halogens is 25. The van der Waals surface area contributed by atoms with Crippen molar-refractivity contribution in [3.63, 3.8) is 0 Å². The molecule has 8 aromatic rings. The Morgan fingerprint density at radius 3 is 0.702 bits per heavy atom. The van der Waals surface area contributed by atoms with Crippen LogP contribution in [0.4, 0.5) is 105 Å². The van der Waals surface area contributed by atoms with Crippen molar-refractivity contribution in [3.8, 4) is 22.3 Å². The molecule has 0 N–H and O–H groups in total. The minimum absolute atomic E-state index is 0.519. The molecule has 2 aromatic heterocycles. The Morgan fingerprint density at radius 2 is 0.481 bits per heavy atom. The van der Waals surface area contributed by atoms with Gasteiger partial charge in [-0.3, -0.25) is 0 Å². The van der Waals surface area contributed by atoms with Gasteiger partial charge in [-0.1, -0.05) is 226 Å². The van der Waals surface area contributed by atoms with Gasteiger partial charge in [0, 0.05) is 23.3 Å². The average Bonchev–Trinajstić information content (AvgIpc) is 0.997. The number of unbranched alkanes of at least 4 members (excludes halogenated alkanes) is 18. The van der Waals surface area contributed by atoms with Crippen LogP contribution in [0.2, 0.25) is 0 Å². The summed E-state index contributed by atoms with van der Waals surface area (Å²) in [6, 6.07) is 13.5. The van der Waals surface area contributed by atoms with Crippen LogP contribution in [-0.2, 0) is 62.3 Å². The molecule has 0 radical (unpaired) electrons. The molecule has 2 nitrogen and oxygen atoms in total. The highest BCUT2D eigenvalue weighted by atomic mass is 127. The normalized spacial score (nSPS) is 13.0.